The van der Waals surface area contributed by atoms with Crippen molar-refractivity contribution in [2.45, 2.75) is 0 Å². The van der Waals surface area contributed by atoms with Crippen LogP contribution in [-0.2, 0) is 4.84 Å². The van der Waals surface area contributed by atoms with Crippen molar-refractivity contribution in [1.29, 1.82) is 0 Å². The van der Waals surface area contributed by atoms with E-state index in [0.717, 1.165) is 5.39 Å². The summed E-state index contributed by atoms with van der Waals surface area (Å²) in [6.45, 7) is 0. The van der Waals surface area contributed by atoms with Crippen LogP contribution in [0.4, 0.5) is 10.2 Å². The van der Waals surface area contributed by atoms with Gasteiger partial charge < -0.3 is 20.3 Å². The van der Waals surface area contributed by atoms with Gasteiger partial charge in [-0.15, -0.1) is 0 Å². The van der Waals surface area contributed by atoms with Crippen LogP contribution in [0, 0.1) is 5.82 Å². The third-order valence-electron chi connectivity index (χ3n) is 2.98. The number of nitrogens with zero attached hydrogens (tertiary/aromatic N) is 3. The van der Waals surface area contributed by atoms with Crippen LogP contribution in [0.25, 0.3) is 10.9 Å². The lowest BCUT2D eigenvalue weighted by molar-refractivity contribution is 0.215. The average Bonchev–Trinajstić information content (AvgIpc) is 2.94. The van der Waals surface area contributed by atoms with E-state index in [-0.39, 0.29) is 17.4 Å². The smallest absolute Gasteiger partial charge is 0.233 e. The topological polar surface area (TPSA) is 98.4 Å². The fourth-order valence-corrected chi connectivity index (χ4v) is 1.94. The predicted molar refractivity (Wildman–Crippen MR) is 79.4 cm³/mol. The van der Waals surface area contributed by atoms with Crippen LogP contribution in [0.5, 0.6) is 11.6 Å². The molecular formula is C14H12FN5O2. The first-order valence-electron chi connectivity index (χ1n) is 6.30. The van der Waals surface area contributed by atoms with Gasteiger partial charge >= 0.3 is 0 Å². The number of rotatable bonds is 4. The summed E-state index contributed by atoms with van der Waals surface area (Å²) < 4.78 is 19.6. The monoisotopic (exact) mass is 301 g/mol. The number of benzene rings is 1. The largest absolute Gasteiger partial charge is 0.435 e. The lowest BCUT2D eigenvalue weighted by Gasteiger charge is -2.09. The Bertz CT molecular complexity index is 846. The van der Waals surface area contributed by atoms with E-state index in [0.29, 0.717) is 11.1 Å². The number of anilines is 1. The molecule has 0 atom stereocenters. The first-order valence-corrected chi connectivity index (χ1v) is 6.30. The normalized spacial score (nSPS) is 11.2. The van der Waals surface area contributed by atoms with Crippen LogP contribution in [0.1, 0.15) is 5.56 Å². The number of aromatic amines is 1. The summed E-state index contributed by atoms with van der Waals surface area (Å²) in [6, 6.07) is 4.72. The fourth-order valence-electron chi connectivity index (χ4n) is 1.94. The molecule has 0 fully saturated rings. The van der Waals surface area contributed by atoms with E-state index < -0.39 is 5.82 Å². The van der Waals surface area contributed by atoms with Crippen molar-refractivity contribution in [2.75, 3.05) is 12.8 Å². The van der Waals surface area contributed by atoms with E-state index in [1.165, 1.54) is 25.7 Å². The lowest BCUT2D eigenvalue weighted by atomic mass is 10.2. The van der Waals surface area contributed by atoms with E-state index >= 15 is 0 Å². The molecule has 0 aliphatic rings. The third kappa shape index (κ3) is 2.53. The summed E-state index contributed by atoms with van der Waals surface area (Å²) in [5, 5.41) is 4.42. The third-order valence-corrected chi connectivity index (χ3v) is 2.98. The van der Waals surface area contributed by atoms with E-state index in [1.54, 1.807) is 12.3 Å². The maximum absolute atomic E-state index is 14.1. The van der Waals surface area contributed by atoms with Gasteiger partial charge in [-0.1, -0.05) is 5.16 Å². The summed E-state index contributed by atoms with van der Waals surface area (Å²) in [5.74, 6) is -0.268. The van der Waals surface area contributed by atoms with Crippen molar-refractivity contribution in [3.63, 3.8) is 0 Å². The maximum Gasteiger partial charge on any atom is 0.233 e. The van der Waals surface area contributed by atoms with Crippen LogP contribution in [0.2, 0.25) is 0 Å². The van der Waals surface area contributed by atoms with Gasteiger partial charge in [0.25, 0.3) is 0 Å². The van der Waals surface area contributed by atoms with Crippen molar-refractivity contribution < 1.29 is 14.0 Å². The molecule has 2 heterocycles. The van der Waals surface area contributed by atoms with Gasteiger partial charge in [0, 0.05) is 23.2 Å². The molecule has 0 saturated carbocycles. The Kier molecular flexibility index (Phi) is 3.57. The molecule has 0 bridgehead atoms. The lowest BCUT2D eigenvalue weighted by Crippen LogP contribution is -2.03. The van der Waals surface area contributed by atoms with E-state index in [1.807, 2.05) is 6.07 Å². The molecule has 0 aliphatic carbocycles. The summed E-state index contributed by atoms with van der Waals surface area (Å²) >= 11 is 0. The number of nitrogen functional groups attached to an aromatic ring is 1. The first-order chi connectivity index (χ1) is 10.7. The van der Waals surface area contributed by atoms with Gasteiger partial charge in [0.1, 0.15) is 24.8 Å². The summed E-state index contributed by atoms with van der Waals surface area (Å²) in [7, 11) is 1.39. The fraction of sp³-hybridized carbons (Fsp3) is 0.0714. The number of hydrogen-bond acceptors (Lipinski definition) is 6. The van der Waals surface area contributed by atoms with Crippen molar-refractivity contribution in [3.05, 3.63) is 42.1 Å². The molecule has 0 unspecified atom stereocenters. The maximum atomic E-state index is 14.1. The van der Waals surface area contributed by atoms with Crippen LogP contribution >= 0.6 is 0 Å². The Balaban J connectivity index is 2.02. The zero-order valence-corrected chi connectivity index (χ0v) is 11.6. The molecule has 3 aromatic rings. The number of nitrogens with two attached hydrogens (primary N) is 1. The highest BCUT2D eigenvalue weighted by atomic mass is 19.1. The molecule has 0 amide bonds. The molecular weight excluding hydrogens is 289 g/mol. The molecule has 0 radical (unpaired) electrons. The molecule has 3 rings (SSSR count). The molecule has 22 heavy (non-hydrogen) atoms. The molecule has 2 aromatic heterocycles. The highest BCUT2D eigenvalue weighted by molar-refractivity contribution is 5.88. The highest BCUT2D eigenvalue weighted by Gasteiger charge is 2.13. The van der Waals surface area contributed by atoms with Crippen molar-refractivity contribution in [2.24, 2.45) is 5.16 Å². The molecule has 8 heteroatoms. The quantitative estimate of drug-likeness (QED) is 0.569. The Morgan fingerprint density at radius 1 is 1.36 bits per heavy atom. The number of aromatic nitrogens is 3. The van der Waals surface area contributed by atoms with Gasteiger partial charge in [0.2, 0.25) is 5.88 Å². The molecule has 7 nitrogen and oxygen atoms in total. The Hall–Kier alpha value is -3.16. The number of fused-ring (bicyclic) bond motifs is 1. The van der Waals surface area contributed by atoms with Gasteiger partial charge in [-0.25, -0.2) is 14.4 Å². The molecule has 3 N–H and O–H groups in total. The molecule has 1 aromatic carbocycles. The highest BCUT2D eigenvalue weighted by Crippen LogP contribution is 2.29. The van der Waals surface area contributed by atoms with Gasteiger partial charge in [-0.3, -0.25) is 0 Å². The van der Waals surface area contributed by atoms with E-state index in [9.17, 15) is 4.39 Å². The zero-order chi connectivity index (χ0) is 15.5. The minimum absolute atomic E-state index is 0.0252. The van der Waals surface area contributed by atoms with Gasteiger partial charge in [-0.05, 0) is 12.1 Å². The number of hydrogen-bond donors (Lipinski definition) is 2. The molecule has 0 saturated heterocycles. The predicted octanol–water partition coefficient (Wildman–Crippen LogP) is 2.45. The Morgan fingerprint density at radius 2 is 2.23 bits per heavy atom. The summed E-state index contributed by atoms with van der Waals surface area (Å²) in [6.07, 6.45) is 4.24. The van der Waals surface area contributed by atoms with Crippen LogP contribution in [0.15, 0.2) is 35.9 Å². The second-order valence-electron chi connectivity index (χ2n) is 4.34. The average molecular weight is 301 g/mol. The standard InChI is InChI=1S/C14H12FN5O2/c1-21-20-6-9-13(16)18-7-19-14(9)22-12-4-8-2-3-17-11(8)5-10(12)15/h2-7,17H,1H3,(H2,16,18,19). The number of oxime groups is 1. The second kappa shape index (κ2) is 5.68. The SMILES string of the molecule is CON=Cc1c(N)ncnc1Oc1cc2cc[nH]c2cc1F. The minimum Gasteiger partial charge on any atom is -0.435 e. The van der Waals surface area contributed by atoms with Crippen molar-refractivity contribution in [1.82, 2.24) is 15.0 Å². The second-order valence-corrected chi connectivity index (χ2v) is 4.34. The van der Waals surface area contributed by atoms with Gasteiger partial charge in [-0.2, -0.15) is 0 Å². The Morgan fingerprint density at radius 3 is 3.05 bits per heavy atom. The van der Waals surface area contributed by atoms with Gasteiger partial charge in [0.05, 0.1) is 6.21 Å². The zero-order valence-electron chi connectivity index (χ0n) is 11.6. The van der Waals surface area contributed by atoms with Crippen LogP contribution in [-0.4, -0.2) is 28.3 Å². The number of halogens is 1. The van der Waals surface area contributed by atoms with Gasteiger partial charge in [0.15, 0.2) is 11.6 Å². The minimum atomic E-state index is -0.526. The van der Waals surface area contributed by atoms with Crippen LogP contribution in [0.3, 0.4) is 0 Å². The Labute approximate surface area is 124 Å². The number of H-pyrrole nitrogens is 1. The summed E-state index contributed by atoms with van der Waals surface area (Å²) in [5.41, 5.74) is 6.73. The van der Waals surface area contributed by atoms with Crippen molar-refractivity contribution in [3.8, 4) is 11.6 Å². The number of nitrogens with one attached hydrogen (secondary N) is 1. The molecule has 0 spiro atoms. The first kappa shape index (κ1) is 13.8. The molecule has 112 valence electrons. The van der Waals surface area contributed by atoms with Crippen molar-refractivity contribution >= 4 is 22.9 Å². The van der Waals surface area contributed by atoms with E-state index in [4.69, 9.17) is 10.5 Å². The number of ether oxygens (including phenoxy) is 1. The molecule has 0 aliphatic heterocycles. The van der Waals surface area contributed by atoms with E-state index in [2.05, 4.69) is 24.9 Å². The summed E-state index contributed by atoms with van der Waals surface area (Å²) in [4.78, 5) is 15.3. The van der Waals surface area contributed by atoms with Crippen LogP contribution < -0.4 is 10.5 Å².